The first-order valence-corrected chi connectivity index (χ1v) is 8.89. The third-order valence-corrected chi connectivity index (χ3v) is 4.36. The fourth-order valence-corrected chi connectivity index (χ4v) is 3.11. The lowest BCUT2D eigenvalue weighted by molar-refractivity contribution is -0.121. The highest BCUT2D eigenvalue weighted by Gasteiger charge is 2.26. The molecule has 1 atom stereocenters. The van der Waals surface area contributed by atoms with Crippen LogP contribution in [0.25, 0.3) is 0 Å². The molecule has 0 aromatic carbocycles. The van der Waals surface area contributed by atoms with Crippen molar-refractivity contribution in [2.75, 3.05) is 19.6 Å². The summed E-state index contributed by atoms with van der Waals surface area (Å²) in [5, 5.41) is 10.2. The Morgan fingerprint density at radius 1 is 1.38 bits per heavy atom. The largest absolute Gasteiger partial charge is 0.355 e. The molecule has 24 heavy (non-hydrogen) atoms. The maximum Gasteiger partial charge on any atom is 0.318 e. The summed E-state index contributed by atoms with van der Waals surface area (Å²) >= 11 is 0. The van der Waals surface area contributed by atoms with E-state index in [1.54, 1.807) is 4.90 Å². The highest BCUT2D eigenvalue weighted by molar-refractivity contribution is 5.84. The van der Waals surface area contributed by atoms with E-state index in [0.29, 0.717) is 13.1 Å². The Kier molecular flexibility index (Phi) is 6.63. The van der Waals surface area contributed by atoms with E-state index >= 15 is 0 Å². The van der Waals surface area contributed by atoms with Crippen LogP contribution in [0.4, 0.5) is 4.79 Å². The lowest BCUT2D eigenvalue weighted by Crippen LogP contribution is -2.47. The first kappa shape index (κ1) is 18.3. The van der Waals surface area contributed by atoms with Crippen molar-refractivity contribution in [1.29, 1.82) is 0 Å². The van der Waals surface area contributed by atoms with Gasteiger partial charge in [-0.1, -0.05) is 13.8 Å². The number of carbonyl (C=O) groups is 2. The molecule has 3 amide bonds. The summed E-state index contributed by atoms with van der Waals surface area (Å²) in [4.78, 5) is 26.2. The predicted octanol–water partition coefficient (Wildman–Crippen LogP) is 1.75. The zero-order valence-electron chi connectivity index (χ0n) is 15.0. The van der Waals surface area contributed by atoms with E-state index in [1.165, 1.54) is 5.69 Å². The van der Waals surface area contributed by atoms with Crippen LogP contribution in [0.15, 0.2) is 6.20 Å². The number of carbonyl (C=O) groups excluding carboxylic acids is 2. The highest BCUT2D eigenvalue weighted by atomic mass is 16.2. The van der Waals surface area contributed by atoms with Crippen molar-refractivity contribution in [3.8, 4) is 0 Å². The van der Waals surface area contributed by atoms with Gasteiger partial charge in [0.15, 0.2) is 0 Å². The van der Waals surface area contributed by atoms with Crippen LogP contribution in [0.2, 0.25) is 0 Å². The van der Waals surface area contributed by atoms with Gasteiger partial charge in [-0.05, 0) is 32.1 Å². The van der Waals surface area contributed by atoms with Gasteiger partial charge in [0, 0.05) is 31.4 Å². The SMILES string of the molecule is CCCNC(=O)CN(CCC)C(=O)N[C@@H]1CCCc2c1cnn2C. The second kappa shape index (κ2) is 8.70. The molecule has 0 radical (unpaired) electrons. The van der Waals surface area contributed by atoms with Gasteiger partial charge in [-0.3, -0.25) is 9.48 Å². The molecule has 1 aliphatic carbocycles. The average molecular weight is 335 g/mol. The molecular weight excluding hydrogens is 306 g/mol. The normalized spacial score (nSPS) is 16.4. The highest BCUT2D eigenvalue weighted by Crippen LogP contribution is 2.29. The second-order valence-electron chi connectivity index (χ2n) is 6.34. The summed E-state index contributed by atoms with van der Waals surface area (Å²) < 4.78 is 1.88. The van der Waals surface area contributed by atoms with Crippen molar-refractivity contribution in [1.82, 2.24) is 25.3 Å². The van der Waals surface area contributed by atoms with Gasteiger partial charge in [-0.25, -0.2) is 4.79 Å². The van der Waals surface area contributed by atoms with Gasteiger partial charge in [-0.2, -0.15) is 5.10 Å². The van der Waals surface area contributed by atoms with Gasteiger partial charge in [-0.15, -0.1) is 0 Å². The fraction of sp³-hybridized carbons (Fsp3) is 0.706. The van der Waals surface area contributed by atoms with Gasteiger partial charge in [0.25, 0.3) is 0 Å². The number of hydrogen-bond acceptors (Lipinski definition) is 3. The van der Waals surface area contributed by atoms with Crippen molar-refractivity contribution in [3.05, 3.63) is 17.5 Å². The minimum atomic E-state index is -0.176. The van der Waals surface area contributed by atoms with E-state index in [0.717, 1.165) is 37.7 Å². The number of fused-ring (bicyclic) bond motifs is 1. The van der Waals surface area contributed by atoms with Gasteiger partial charge < -0.3 is 15.5 Å². The Morgan fingerprint density at radius 2 is 2.17 bits per heavy atom. The average Bonchev–Trinajstić information content (AvgIpc) is 2.95. The summed E-state index contributed by atoms with van der Waals surface area (Å²) in [6.07, 6.45) is 6.48. The van der Waals surface area contributed by atoms with Gasteiger partial charge in [0.1, 0.15) is 6.54 Å². The van der Waals surface area contributed by atoms with Crippen LogP contribution in [0.1, 0.15) is 56.8 Å². The molecule has 0 unspecified atom stereocenters. The van der Waals surface area contributed by atoms with Crippen molar-refractivity contribution in [2.24, 2.45) is 7.05 Å². The van der Waals surface area contributed by atoms with E-state index in [2.05, 4.69) is 15.7 Å². The summed E-state index contributed by atoms with van der Waals surface area (Å²) in [7, 11) is 1.94. The van der Waals surface area contributed by atoms with Crippen molar-refractivity contribution < 1.29 is 9.59 Å². The fourth-order valence-electron chi connectivity index (χ4n) is 3.11. The Labute approximate surface area is 143 Å². The van der Waals surface area contributed by atoms with Crippen LogP contribution >= 0.6 is 0 Å². The topological polar surface area (TPSA) is 79.3 Å². The maximum atomic E-state index is 12.6. The minimum Gasteiger partial charge on any atom is -0.355 e. The lowest BCUT2D eigenvalue weighted by Gasteiger charge is -2.28. The van der Waals surface area contributed by atoms with Crippen LogP contribution in [0.3, 0.4) is 0 Å². The van der Waals surface area contributed by atoms with Gasteiger partial charge in [0.2, 0.25) is 5.91 Å². The molecule has 134 valence electrons. The van der Waals surface area contributed by atoms with E-state index in [4.69, 9.17) is 0 Å². The van der Waals surface area contributed by atoms with Crippen LogP contribution in [0.5, 0.6) is 0 Å². The molecule has 0 spiro atoms. The Hall–Kier alpha value is -2.05. The maximum absolute atomic E-state index is 12.6. The van der Waals surface area contributed by atoms with E-state index < -0.39 is 0 Å². The number of amides is 3. The predicted molar refractivity (Wildman–Crippen MR) is 92.6 cm³/mol. The molecule has 1 aliphatic rings. The smallest absolute Gasteiger partial charge is 0.318 e. The Balaban J connectivity index is 1.99. The summed E-state index contributed by atoms with van der Waals surface area (Å²) in [5.41, 5.74) is 2.29. The third kappa shape index (κ3) is 4.49. The van der Waals surface area contributed by atoms with Crippen molar-refractivity contribution in [3.63, 3.8) is 0 Å². The van der Waals surface area contributed by atoms with E-state index in [9.17, 15) is 9.59 Å². The number of aromatic nitrogens is 2. The van der Waals surface area contributed by atoms with Crippen molar-refractivity contribution in [2.45, 2.75) is 52.0 Å². The van der Waals surface area contributed by atoms with Gasteiger partial charge >= 0.3 is 6.03 Å². The molecule has 2 rings (SSSR count). The second-order valence-corrected chi connectivity index (χ2v) is 6.34. The zero-order valence-corrected chi connectivity index (χ0v) is 15.0. The first-order chi connectivity index (χ1) is 11.6. The molecule has 0 bridgehead atoms. The molecule has 0 saturated carbocycles. The number of urea groups is 1. The third-order valence-electron chi connectivity index (χ3n) is 4.36. The number of aryl methyl sites for hydroxylation is 1. The number of nitrogens with one attached hydrogen (secondary N) is 2. The molecule has 0 saturated heterocycles. The Bertz CT molecular complexity index is 569. The molecular formula is C17H29N5O2. The van der Waals surface area contributed by atoms with E-state index in [-0.39, 0.29) is 24.5 Å². The molecule has 1 aromatic rings. The van der Waals surface area contributed by atoms with Crippen molar-refractivity contribution >= 4 is 11.9 Å². The molecule has 2 N–H and O–H groups in total. The zero-order chi connectivity index (χ0) is 17.5. The van der Waals surface area contributed by atoms with Crippen LogP contribution in [0, 0.1) is 0 Å². The Morgan fingerprint density at radius 3 is 2.88 bits per heavy atom. The standard InChI is InChI=1S/C17H29N5O2/c1-4-9-18-16(23)12-22(10-5-2)17(24)20-14-7-6-8-15-13(14)11-19-21(15)3/h11,14H,4-10,12H2,1-3H3,(H,18,23)(H,20,24)/t14-/m1/s1. The monoisotopic (exact) mass is 335 g/mol. The molecule has 0 aliphatic heterocycles. The van der Waals surface area contributed by atoms with Crippen LogP contribution in [-0.4, -0.2) is 46.3 Å². The van der Waals surface area contributed by atoms with Gasteiger partial charge in [0.05, 0.1) is 12.2 Å². The molecule has 0 fully saturated rings. The quantitative estimate of drug-likeness (QED) is 0.797. The molecule has 1 heterocycles. The number of nitrogens with zero attached hydrogens (tertiary/aromatic N) is 3. The summed E-state index contributed by atoms with van der Waals surface area (Å²) in [5.74, 6) is -0.105. The van der Waals surface area contributed by atoms with Crippen LogP contribution < -0.4 is 10.6 Å². The molecule has 7 nitrogen and oxygen atoms in total. The number of rotatable bonds is 7. The lowest BCUT2D eigenvalue weighted by atomic mass is 9.93. The number of hydrogen-bond donors (Lipinski definition) is 2. The summed E-state index contributed by atoms with van der Waals surface area (Å²) in [6, 6.07) is -0.196. The first-order valence-electron chi connectivity index (χ1n) is 8.89. The summed E-state index contributed by atoms with van der Waals surface area (Å²) in [6.45, 7) is 5.32. The molecule has 7 heteroatoms. The molecule has 1 aromatic heterocycles. The van der Waals surface area contributed by atoms with Crippen LogP contribution in [-0.2, 0) is 18.3 Å². The minimum absolute atomic E-state index is 0.0204. The van der Waals surface area contributed by atoms with E-state index in [1.807, 2.05) is 31.8 Å².